The number of anilines is 1. The fraction of sp³-hybridized carbons (Fsp3) is 0.190. The van der Waals surface area contributed by atoms with Gasteiger partial charge in [-0.15, -0.1) is 0 Å². The lowest BCUT2D eigenvalue weighted by atomic mass is 10.1. The first-order valence-electron chi connectivity index (χ1n) is 9.05. The van der Waals surface area contributed by atoms with Crippen molar-refractivity contribution in [2.24, 2.45) is 0 Å². The van der Waals surface area contributed by atoms with Crippen molar-refractivity contribution < 1.29 is 17.9 Å². The monoisotopic (exact) mass is 432 g/mol. The lowest BCUT2D eigenvalue weighted by Gasteiger charge is -2.15. The van der Waals surface area contributed by atoms with E-state index in [9.17, 15) is 13.2 Å². The molecule has 4 rings (SSSR count). The number of pyridine rings is 1. The lowest BCUT2D eigenvalue weighted by Crippen LogP contribution is -2.13. The Balaban J connectivity index is 1.79. The predicted octanol–water partition coefficient (Wildman–Crippen LogP) is 5.51. The maximum absolute atomic E-state index is 13.8. The molecule has 1 N–H and O–H groups in total. The molecule has 0 saturated carbocycles. The van der Waals surface area contributed by atoms with E-state index in [1.807, 2.05) is 12.1 Å². The van der Waals surface area contributed by atoms with E-state index in [0.717, 1.165) is 5.56 Å². The highest BCUT2D eigenvalue weighted by Gasteiger charge is 2.37. The summed E-state index contributed by atoms with van der Waals surface area (Å²) >= 11 is 5.88. The highest BCUT2D eigenvalue weighted by atomic mass is 35.5. The Morgan fingerprint density at radius 3 is 2.53 bits per heavy atom. The second-order valence-corrected chi connectivity index (χ2v) is 7.03. The van der Waals surface area contributed by atoms with Crippen LogP contribution < -0.4 is 10.1 Å². The van der Waals surface area contributed by atoms with Crippen molar-refractivity contribution in [2.45, 2.75) is 12.6 Å². The summed E-state index contributed by atoms with van der Waals surface area (Å²) in [7, 11) is 1.49. The minimum atomic E-state index is -4.66. The van der Waals surface area contributed by atoms with Gasteiger partial charge in [-0.05, 0) is 42.3 Å². The molecule has 0 aliphatic rings. The number of benzene rings is 2. The summed E-state index contributed by atoms with van der Waals surface area (Å²) in [5, 5.41) is 3.92. The van der Waals surface area contributed by atoms with Crippen molar-refractivity contribution in [3.05, 3.63) is 65.1 Å². The fourth-order valence-electron chi connectivity index (χ4n) is 3.24. The third-order valence-corrected chi connectivity index (χ3v) is 4.92. The Morgan fingerprint density at radius 2 is 1.83 bits per heavy atom. The first-order chi connectivity index (χ1) is 14.4. The van der Waals surface area contributed by atoms with Crippen LogP contribution in [0.4, 0.5) is 19.0 Å². The van der Waals surface area contributed by atoms with Gasteiger partial charge in [0, 0.05) is 17.0 Å². The van der Waals surface area contributed by atoms with Gasteiger partial charge in [-0.2, -0.15) is 13.2 Å². The molecule has 0 unspecified atom stereocenters. The van der Waals surface area contributed by atoms with Gasteiger partial charge in [0.25, 0.3) is 0 Å². The molecule has 0 saturated heterocycles. The van der Waals surface area contributed by atoms with Gasteiger partial charge in [0.2, 0.25) is 0 Å². The van der Waals surface area contributed by atoms with Crippen LogP contribution in [0.5, 0.6) is 5.75 Å². The molecule has 30 heavy (non-hydrogen) atoms. The van der Waals surface area contributed by atoms with Crippen LogP contribution in [-0.2, 0) is 12.6 Å². The molecule has 2 aromatic heterocycles. The Kier molecular flexibility index (Phi) is 5.34. The molecule has 4 aromatic rings. The van der Waals surface area contributed by atoms with Gasteiger partial charge < -0.3 is 10.1 Å². The molecule has 5 nitrogen and oxygen atoms in total. The summed E-state index contributed by atoms with van der Waals surface area (Å²) in [5.74, 6) is 0.583. The van der Waals surface area contributed by atoms with Gasteiger partial charge >= 0.3 is 6.18 Å². The molecule has 2 heterocycles. The van der Waals surface area contributed by atoms with E-state index >= 15 is 0 Å². The summed E-state index contributed by atoms with van der Waals surface area (Å²) < 4.78 is 46.6. The summed E-state index contributed by atoms with van der Waals surface area (Å²) in [6.45, 7) is 0.376. The van der Waals surface area contributed by atoms with Crippen LogP contribution in [0.25, 0.3) is 21.8 Å². The number of fused-ring (bicyclic) bond motifs is 3. The number of aromatic nitrogens is 3. The summed E-state index contributed by atoms with van der Waals surface area (Å²) in [6.07, 6.45) is -2.84. The summed E-state index contributed by atoms with van der Waals surface area (Å²) in [4.78, 5) is 12.1. The largest absolute Gasteiger partial charge is 0.497 e. The molecule has 0 amide bonds. The van der Waals surface area contributed by atoms with Gasteiger partial charge in [0.1, 0.15) is 17.9 Å². The molecule has 0 spiro atoms. The fourth-order valence-corrected chi connectivity index (χ4v) is 3.36. The van der Waals surface area contributed by atoms with Crippen LogP contribution in [0.15, 0.2) is 48.8 Å². The summed E-state index contributed by atoms with van der Waals surface area (Å²) in [5.41, 5.74) is 0.316. The number of nitrogens with one attached hydrogen (secondary N) is 1. The Labute approximate surface area is 174 Å². The third-order valence-electron chi connectivity index (χ3n) is 4.66. The Bertz CT molecular complexity index is 1210. The zero-order valence-electron chi connectivity index (χ0n) is 15.8. The molecule has 2 aromatic carbocycles. The van der Waals surface area contributed by atoms with E-state index in [2.05, 4.69) is 20.3 Å². The average Bonchev–Trinajstić information content (AvgIpc) is 2.73. The average molecular weight is 433 g/mol. The Morgan fingerprint density at radius 1 is 1.07 bits per heavy atom. The second-order valence-electron chi connectivity index (χ2n) is 6.59. The minimum Gasteiger partial charge on any atom is -0.497 e. The molecule has 0 atom stereocenters. The van der Waals surface area contributed by atoms with Crippen molar-refractivity contribution >= 4 is 39.2 Å². The number of alkyl halides is 3. The van der Waals surface area contributed by atoms with Crippen molar-refractivity contribution in [3.8, 4) is 5.75 Å². The molecule has 9 heteroatoms. The van der Waals surface area contributed by atoms with Gasteiger partial charge in [0.05, 0.1) is 23.5 Å². The number of halogens is 4. The number of nitrogens with zero attached hydrogens (tertiary/aromatic N) is 3. The first-order valence-corrected chi connectivity index (χ1v) is 9.42. The van der Waals surface area contributed by atoms with Crippen LogP contribution in [0.3, 0.4) is 0 Å². The number of ether oxygens (including phenoxy) is 1. The third kappa shape index (κ3) is 3.95. The van der Waals surface area contributed by atoms with Crippen LogP contribution in [-0.4, -0.2) is 28.6 Å². The van der Waals surface area contributed by atoms with E-state index in [1.165, 1.54) is 19.5 Å². The quantitative estimate of drug-likeness (QED) is 0.421. The molecule has 0 aliphatic carbocycles. The maximum Gasteiger partial charge on any atom is 0.434 e. The normalized spacial score (nSPS) is 11.8. The Hall–Kier alpha value is -3.13. The number of methoxy groups -OCH3 is 1. The number of hydrogen-bond donors (Lipinski definition) is 1. The van der Waals surface area contributed by atoms with Gasteiger partial charge in [-0.1, -0.05) is 23.7 Å². The number of rotatable bonds is 5. The van der Waals surface area contributed by atoms with E-state index in [1.54, 1.807) is 24.3 Å². The van der Waals surface area contributed by atoms with E-state index < -0.39 is 11.9 Å². The van der Waals surface area contributed by atoms with Crippen molar-refractivity contribution in [3.63, 3.8) is 0 Å². The van der Waals surface area contributed by atoms with Crippen LogP contribution in [0.1, 0.15) is 11.3 Å². The molecular weight excluding hydrogens is 417 g/mol. The molecular formula is C21H16ClF3N4O. The van der Waals surface area contributed by atoms with Gasteiger partial charge in [-0.25, -0.2) is 15.0 Å². The van der Waals surface area contributed by atoms with E-state index in [-0.39, 0.29) is 22.2 Å². The topological polar surface area (TPSA) is 59.9 Å². The SMILES string of the molecule is COc1ccc2nc(C(F)(F)F)c3c(NCCc4ccc(Cl)cc4)ncnc3c2c1. The lowest BCUT2D eigenvalue weighted by molar-refractivity contribution is -0.139. The minimum absolute atomic E-state index is 0.0820. The molecule has 154 valence electrons. The van der Waals surface area contributed by atoms with Crippen molar-refractivity contribution in [1.29, 1.82) is 0 Å². The summed E-state index contributed by atoms with van der Waals surface area (Å²) in [6, 6.07) is 11.9. The van der Waals surface area contributed by atoms with Crippen molar-refractivity contribution in [1.82, 2.24) is 15.0 Å². The smallest absolute Gasteiger partial charge is 0.434 e. The second kappa shape index (κ2) is 7.95. The highest BCUT2D eigenvalue weighted by molar-refractivity contribution is 6.30. The maximum atomic E-state index is 13.8. The zero-order chi connectivity index (χ0) is 21.3. The van der Waals surface area contributed by atoms with Gasteiger partial charge in [-0.3, -0.25) is 0 Å². The van der Waals surface area contributed by atoms with Crippen molar-refractivity contribution in [2.75, 3.05) is 19.0 Å². The predicted molar refractivity (Wildman–Crippen MR) is 110 cm³/mol. The highest BCUT2D eigenvalue weighted by Crippen LogP contribution is 2.39. The molecule has 0 radical (unpaired) electrons. The van der Waals surface area contributed by atoms with E-state index in [0.29, 0.717) is 29.1 Å². The van der Waals surface area contributed by atoms with Crippen LogP contribution >= 0.6 is 11.6 Å². The van der Waals surface area contributed by atoms with Crippen LogP contribution in [0, 0.1) is 0 Å². The van der Waals surface area contributed by atoms with E-state index in [4.69, 9.17) is 16.3 Å². The van der Waals surface area contributed by atoms with Crippen LogP contribution in [0.2, 0.25) is 5.02 Å². The molecule has 0 aliphatic heterocycles. The van der Waals surface area contributed by atoms with Gasteiger partial charge in [0.15, 0.2) is 5.69 Å². The number of hydrogen-bond acceptors (Lipinski definition) is 5. The standard InChI is InChI=1S/C21H16ClF3N4O/c1-30-14-6-7-16-15(10-14)18-17(19(29-16)21(23,24)25)20(28-11-27-18)26-9-8-12-2-4-13(22)5-3-12/h2-7,10-11H,8-9H2,1H3,(H,26,27,28). The first kappa shape index (κ1) is 20.2. The molecule has 0 bridgehead atoms. The molecule has 0 fully saturated rings. The zero-order valence-corrected chi connectivity index (χ0v) is 16.6.